The third kappa shape index (κ3) is 6.06. The molecule has 0 saturated carbocycles. The van der Waals surface area contributed by atoms with E-state index in [0.717, 1.165) is 19.3 Å². The van der Waals surface area contributed by atoms with Gasteiger partial charge in [0.05, 0.1) is 7.11 Å². The lowest BCUT2D eigenvalue weighted by atomic mass is 10.1. The SMILES string of the molecule is C=CNCC(CCCC)NS(=O)(=O)c1cc(OC)c(Br)nc1Br. The highest BCUT2D eigenvalue weighted by Gasteiger charge is 2.24. The van der Waals surface area contributed by atoms with Gasteiger partial charge in [0.25, 0.3) is 0 Å². The lowest BCUT2D eigenvalue weighted by molar-refractivity contribution is 0.407. The fraction of sp³-hybridized carbons (Fsp3) is 0.500. The van der Waals surface area contributed by atoms with Crippen molar-refractivity contribution in [3.05, 3.63) is 28.1 Å². The summed E-state index contributed by atoms with van der Waals surface area (Å²) in [5.74, 6) is 0.350. The molecular weight excluding hydrogens is 450 g/mol. The van der Waals surface area contributed by atoms with Gasteiger partial charge in [-0.25, -0.2) is 18.1 Å². The van der Waals surface area contributed by atoms with Gasteiger partial charge in [-0.2, -0.15) is 0 Å². The maximum atomic E-state index is 12.7. The Labute approximate surface area is 154 Å². The molecule has 1 unspecified atom stereocenters. The molecule has 0 aliphatic heterocycles. The molecule has 6 nitrogen and oxygen atoms in total. The van der Waals surface area contributed by atoms with Gasteiger partial charge < -0.3 is 10.1 Å². The zero-order valence-electron chi connectivity index (χ0n) is 13.1. The fourth-order valence-corrected chi connectivity index (χ4v) is 4.85. The van der Waals surface area contributed by atoms with Crippen molar-refractivity contribution in [1.82, 2.24) is 15.0 Å². The first kappa shape index (κ1) is 20.4. The summed E-state index contributed by atoms with van der Waals surface area (Å²) in [5.41, 5.74) is 0. The van der Waals surface area contributed by atoms with Gasteiger partial charge in [0.15, 0.2) is 5.75 Å². The van der Waals surface area contributed by atoms with E-state index in [1.807, 2.05) is 0 Å². The van der Waals surface area contributed by atoms with Gasteiger partial charge in [-0.15, -0.1) is 0 Å². The van der Waals surface area contributed by atoms with Gasteiger partial charge in [-0.05, 0) is 44.5 Å². The molecule has 0 amide bonds. The summed E-state index contributed by atoms with van der Waals surface area (Å²) < 4.78 is 33.8. The first-order valence-corrected chi connectivity index (χ1v) is 10.2. The Bertz CT molecular complexity index is 638. The second-order valence-corrected chi connectivity index (χ2v) is 8.03. The van der Waals surface area contributed by atoms with Crippen molar-refractivity contribution >= 4 is 41.9 Å². The van der Waals surface area contributed by atoms with Gasteiger partial charge in [-0.1, -0.05) is 26.3 Å². The van der Waals surface area contributed by atoms with E-state index in [1.54, 1.807) is 6.20 Å². The van der Waals surface area contributed by atoms with E-state index in [1.165, 1.54) is 13.2 Å². The zero-order valence-corrected chi connectivity index (χ0v) is 17.1. The predicted molar refractivity (Wildman–Crippen MR) is 98.0 cm³/mol. The third-order valence-electron chi connectivity index (χ3n) is 3.11. The Balaban J connectivity index is 3.06. The molecule has 0 fully saturated rings. The molecule has 130 valence electrons. The fourth-order valence-electron chi connectivity index (χ4n) is 1.93. The van der Waals surface area contributed by atoms with Crippen LogP contribution in [0.2, 0.25) is 0 Å². The second-order valence-electron chi connectivity index (χ2n) is 4.84. The van der Waals surface area contributed by atoms with Crippen LogP contribution < -0.4 is 14.8 Å². The highest BCUT2D eigenvalue weighted by molar-refractivity contribution is 9.11. The van der Waals surface area contributed by atoms with Gasteiger partial charge in [-0.3, -0.25) is 0 Å². The van der Waals surface area contributed by atoms with Crippen LogP contribution in [-0.2, 0) is 10.0 Å². The van der Waals surface area contributed by atoms with Crippen LogP contribution in [0.3, 0.4) is 0 Å². The quantitative estimate of drug-likeness (QED) is 0.513. The molecule has 0 aromatic carbocycles. The molecule has 1 rings (SSSR count). The average molecular weight is 471 g/mol. The Morgan fingerprint density at radius 1 is 1.43 bits per heavy atom. The van der Waals surface area contributed by atoms with Gasteiger partial charge in [0.2, 0.25) is 10.0 Å². The number of unbranched alkanes of at least 4 members (excludes halogenated alkanes) is 1. The van der Waals surface area contributed by atoms with E-state index < -0.39 is 10.0 Å². The minimum absolute atomic E-state index is 0.0395. The van der Waals surface area contributed by atoms with Gasteiger partial charge in [0.1, 0.15) is 14.1 Å². The number of halogens is 2. The van der Waals surface area contributed by atoms with Gasteiger partial charge >= 0.3 is 0 Å². The number of nitrogens with zero attached hydrogens (tertiary/aromatic N) is 1. The van der Waals surface area contributed by atoms with Crippen molar-refractivity contribution in [3.8, 4) is 5.75 Å². The van der Waals surface area contributed by atoms with Crippen molar-refractivity contribution in [3.63, 3.8) is 0 Å². The van der Waals surface area contributed by atoms with E-state index in [0.29, 0.717) is 16.9 Å². The van der Waals surface area contributed by atoms with Crippen molar-refractivity contribution in [2.24, 2.45) is 0 Å². The standard InChI is InChI=1S/C14H21Br2N3O3S/c1-4-6-7-10(9-17-5-2)19-23(20,21)12-8-11(22-3)13(15)18-14(12)16/h5,8,10,17,19H,2,4,6-7,9H2,1,3H3. The maximum Gasteiger partial charge on any atom is 0.243 e. The van der Waals surface area contributed by atoms with Crippen LogP contribution in [-0.4, -0.2) is 33.1 Å². The summed E-state index contributed by atoms with van der Waals surface area (Å²) in [4.78, 5) is 4.14. The topological polar surface area (TPSA) is 80.3 Å². The Morgan fingerprint density at radius 2 is 2.13 bits per heavy atom. The molecule has 1 atom stereocenters. The van der Waals surface area contributed by atoms with E-state index in [-0.39, 0.29) is 15.5 Å². The summed E-state index contributed by atoms with van der Waals surface area (Å²) in [6.45, 7) is 6.12. The molecule has 0 aliphatic carbocycles. The zero-order chi connectivity index (χ0) is 17.5. The molecule has 0 spiro atoms. The largest absolute Gasteiger partial charge is 0.494 e. The second kappa shape index (κ2) is 9.61. The number of methoxy groups -OCH3 is 1. The number of pyridine rings is 1. The van der Waals surface area contributed by atoms with Crippen molar-refractivity contribution in [2.45, 2.75) is 37.1 Å². The lowest BCUT2D eigenvalue weighted by Gasteiger charge is -2.19. The van der Waals surface area contributed by atoms with E-state index in [2.05, 4.69) is 60.4 Å². The van der Waals surface area contributed by atoms with Crippen molar-refractivity contribution in [1.29, 1.82) is 0 Å². The Kier molecular flexibility index (Phi) is 8.52. The normalized spacial score (nSPS) is 12.7. The molecule has 1 aromatic rings. The van der Waals surface area contributed by atoms with Crippen LogP contribution in [0.25, 0.3) is 0 Å². The monoisotopic (exact) mass is 469 g/mol. The molecule has 0 aliphatic rings. The van der Waals surface area contributed by atoms with E-state index in [4.69, 9.17) is 4.74 Å². The highest BCUT2D eigenvalue weighted by atomic mass is 79.9. The summed E-state index contributed by atoms with van der Waals surface area (Å²) in [6.07, 6.45) is 4.20. The number of nitrogens with one attached hydrogen (secondary N) is 2. The number of hydrogen-bond acceptors (Lipinski definition) is 5. The van der Waals surface area contributed by atoms with Crippen LogP contribution in [0, 0.1) is 0 Å². The van der Waals surface area contributed by atoms with Crippen LogP contribution >= 0.6 is 31.9 Å². The number of aromatic nitrogens is 1. The van der Waals surface area contributed by atoms with Crippen molar-refractivity contribution < 1.29 is 13.2 Å². The summed E-state index contributed by atoms with van der Waals surface area (Å²) in [7, 11) is -2.28. The van der Waals surface area contributed by atoms with E-state index in [9.17, 15) is 8.42 Å². The van der Waals surface area contributed by atoms with E-state index >= 15 is 0 Å². The molecule has 0 radical (unpaired) electrons. The van der Waals surface area contributed by atoms with Crippen molar-refractivity contribution in [2.75, 3.05) is 13.7 Å². The number of hydrogen-bond donors (Lipinski definition) is 2. The molecule has 0 bridgehead atoms. The van der Waals surface area contributed by atoms with Crippen LogP contribution in [0.1, 0.15) is 26.2 Å². The smallest absolute Gasteiger partial charge is 0.243 e. The summed E-state index contributed by atoms with van der Waals surface area (Å²) >= 11 is 6.42. The molecule has 1 heterocycles. The number of ether oxygens (including phenoxy) is 1. The van der Waals surface area contributed by atoms with Crippen LogP contribution in [0.15, 0.2) is 32.9 Å². The summed E-state index contributed by atoms with van der Waals surface area (Å²) in [6, 6.07) is 1.20. The molecule has 9 heteroatoms. The Morgan fingerprint density at radius 3 is 2.70 bits per heavy atom. The maximum absolute atomic E-state index is 12.7. The summed E-state index contributed by atoms with van der Waals surface area (Å²) in [5, 5.41) is 2.95. The number of sulfonamides is 1. The average Bonchev–Trinajstić information content (AvgIpc) is 2.49. The predicted octanol–water partition coefficient (Wildman–Crippen LogP) is 3.19. The van der Waals surface area contributed by atoms with Gasteiger partial charge in [0, 0.05) is 18.7 Å². The highest BCUT2D eigenvalue weighted by Crippen LogP contribution is 2.30. The van der Waals surface area contributed by atoms with Crippen LogP contribution in [0.5, 0.6) is 5.75 Å². The minimum atomic E-state index is -3.73. The molecule has 23 heavy (non-hydrogen) atoms. The molecular formula is C14H21Br2N3O3S. The van der Waals surface area contributed by atoms with Crippen LogP contribution in [0.4, 0.5) is 0 Å². The lowest BCUT2D eigenvalue weighted by Crippen LogP contribution is -2.41. The Hall–Kier alpha value is -0.640. The molecule has 1 aromatic heterocycles. The number of rotatable bonds is 10. The minimum Gasteiger partial charge on any atom is -0.494 e. The molecule has 0 saturated heterocycles. The third-order valence-corrected chi connectivity index (χ3v) is 6.08. The molecule has 2 N–H and O–H groups in total. The first-order valence-electron chi connectivity index (χ1n) is 7.12. The first-order chi connectivity index (χ1) is 10.9.